The Balaban J connectivity index is 1.89. The van der Waals surface area contributed by atoms with E-state index in [1.807, 2.05) is 20.8 Å². The van der Waals surface area contributed by atoms with Gasteiger partial charge in [0.15, 0.2) is 17.0 Å². The number of aromatic hydroxyl groups is 1. The van der Waals surface area contributed by atoms with E-state index in [2.05, 4.69) is 10.6 Å². The number of hydrogen-bond donors (Lipinski definition) is 7. The Hall–Kier alpha value is -3.85. The van der Waals surface area contributed by atoms with E-state index in [0.717, 1.165) is 0 Å². The molecule has 5 atom stereocenters. The number of amides is 2. The molecule has 2 amide bonds. The van der Waals surface area contributed by atoms with Crippen LogP contribution < -0.4 is 21.3 Å². The second-order valence-electron chi connectivity index (χ2n) is 13.0. The molecule has 0 aliphatic heterocycles. The third-order valence-electron chi connectivity index (χ3n) is 8.60. The van der Waals surface area contributed by atoms with Gasteiger partial charge in [-0.2, -0.15) is 0 Å². The van der Waals surface area contributed by atoms with Crippen LogP contribution in [0.4, 0.5) is 11.4 Å². The Morgan fingerprint density at radius 1 is 1.07 bits per heavy atom. The van der Waals surface area contributed by atoms with Crippen molar-refractivity contribution in [3.8, 4) is 5.75 Å². The lowest BCUT2D eigenvalue weighted by atomic mass is 9.52. The molecule has 0 aromatic heterocycles. The number of aliphatic hydroxyl groups excluding tert-OH is 1. The first-order valence-electron chi connectivity index (χ1n) is 13.8. The Bertz CT molecular complexity index is 1480. The van der Waals surface area contributed by atoms with Crippen molar-refractivity contribution >= 4 is 40.5 Å². The van der Waals surface area contributed by atoms with Crippen molar-refractivity contribution in [2.24, 2.45) is 17.6 Å². The first-order chi connectivity index (χ1) is 19.7. The number of benzene rings is 1. The Morgan fingerprint density at radius 3 is 2.19 bits per heavy atom. The lowest BCUT2D eigenvalue weighted by Crippen LogP contribution is -2.74. The lowest BCUT2D eigenvalue weighted by molar-refractivity contribution is -0.182. The third kappa shape index (κ3) is 4.78. The summed E-state index contributed by atoms with van der Waals surface area (Å²) in [4.78, 5) is 69.4. The normalized spacial score (nSPS) is 28.8. The smallest absolute Gasteiger partial charge is 0.255 e. The molecular weight excluding hydrogens is 562 g/mol. The van der Waals surface area contributed by atoms with Crippen molar-refractivity contribution in [3.63, 3.8) is 0 Å². The van der Waals surface area contributed by atoms with Crippen molar-refractivity contribution < 1.29 is 44.4 Å². The van der Waals surface area contributed by atoms with E-state index in [1.165, 1.54) is 25.1 Å². The largest absolute Gasteiger partial charge is 0.508 e. The van der Waals surface area contributed by atoms with Gasteiger partial charge in [0.05, 0.1) is 23.8 Å². The van der Waals surface area contributed by atoms with Gasteiger partial charge in [0.1, 0.15) is 17.1 Å². The maximum atomic E-state index is 14.1. The minimum absolute atomic E-state index is 0.121. The molecule has 1 aromatic rings. The molecule has 1 aromatic carbocycles. The van der Waals surface area contributed by atoms with Crippen molar-refractivity contribution in [1.29, 1.82) is 0 Å². The second-order valence-corrected chi connectivity index (χ2v) is 13.0. The van der Waals surface area contributed by atoms with Crippen LogP contribution in [0.3, 0.4) is 0 Å². The molecule has 8 N–H and O–H groups in total. The number of rotatable bonds is 6. The summed E-state index contributed by atoms with van der Waals surface area (Å²) in [7, 11) is 6.30. The number of carbonyl (C=O) groups is 5. The number of carbonyl (C=O) groups excluding carboxylic acids is 5. The summed E-state index contributed by atoms with van der Waals surface area (Å²) >= 11 is 0. The number of aliphatic hydroxyl groups is 3. The molecule has 0 bridgehead atoms. The first kappa shape index (κ1) is 32.1. The molecule has 3 aliphatic rings. The van der Waals surface area contributed by atoms with Crippen LogP contribution >= 0.6 is 0 Å². The number of ketones is 3. The van der Waals surface area contributed by atoms with Crippen LogP contribution in [-0.4, -0.2) is 112 Å². The summed E-state index contributed by atoms with van der Waals surface area (Å²) in [5.41, 5.74) is -1.92. The molecular formula is C29H39N5O9. The number of likely N-dealkylation sites (N-methyl/N-ethyl adjacent to an activating group) is 1. The number of Topliss-reactive ketones (excluding diaryl/α,β-unsaturated/α-hetero) is 3. The summed E-state index contributed by atoms with van der Waals surface area (Å²) in [6.07, 6.45) is -0.433. The van der Waals surface area contributed by atoms with Crippen molar-refractivity contribution in [1.82, 2.24) is 10.2 Å². The predicted octanol–water partition coefficient (Wildman–Crippen LogP) is -0.999. The average Bonchev–Trinajstić information content (AvgIpc) is 2.88. The van der Waals surface area contributed by atoms with Crippen molar-refractivity contribution in [2.75, 3.05) is 45.0 Å². The molecule has 234 valence electrons. The van der Waals surface area contributed by atoms with Gasteiger partial charge in [-0.15, -0.1) is 0 Å². The summed E-state index contributed by atoms with van der Waals surface area (Å²) in [5, 5.41) is 51.5. The quantitative estimate of drug-likeness (QED) is 0.119. The number of primary amides is 1. The molecule has 14 heteroatoms. The zero-order valence-corrected chi connectivity index (χ0v) is 25.2. The minimum Gasteiger partial charge on any atom is -0.508 e. The van der Waals surface area contributed by atoms with E-state index in [0.29, 0.717) is 5.69 Å². The molecule has 14 nitrogen and oxygen atoms in total. The molecule has 1 saturated carbocycles. The molecule has 0 radical (unpaired) electrons. The van der Waals surface area contributed by atoms with E-state index in [-0.39, 0.29) is 36.2 Å². The highest BCUT2D eigenvalue weighted by molar-refractivity contribution is 6.27. The van der Waals surface area contributed by atoms with E-state index in [4.69, 9.17) is 5.73 Å². The molecule has 1 fully saturated rings. The summed E-state index contributed by atoms with van der Waals surface area (Å²) < 4.78 is 0. The standard InChI is InChI=1S/C29H39N5O9/c1-27(2,3)31-11-17(35)32-15-10-16(33(4)5)13-8-12-9-14-20(34(6)7)22(37)19(25(30)40)24(39)29(14,43)26(41)28(12,42)23(38)18(13)21(15)36/h10,12,14,20,31,36,39,42-43H,8-9,11H2,1-7H3,(H2,30,40)(H,32,35)/t12-,14-,20-,28?,29+/m0/s1. The highest BCUT2D eigenvalue weighted by Gasteiger charge is 2.72. The van der Waals surface area contributed by atoms with Crippen LogP contribution in [0.1, 0.15) is 43.1 Å². The number of nitrogens with two attached hydrogens (primary N) is 1. The van der Waals surface area contributed by atoms with Crippen LogP contribution in [-0.2, 0) is 25.6 Å². The molecule has 1 unspecified atom stereocenters. The lowest BCUT2D eigenvalue weighted by Gasteiger charge is -2.54. The van der Waals surface area contributed by atoms with Gasteiger partial charge < -0.3 is 41.7 Å². The average molecular weight is 602 g/mol. The minimum atomic E-state index is -3.02. The fraction of sp³-hybridized carbons (Fsp3) is 0.552. The number of fused-ring (bicyclic) bond motifs is 3. The summed E-state index contributed by atoms with van der Waals surface area (Å²) in [6.45, 7) is 5.46. The van der Waals surface area contributed by atoms with Gasteiger partial charge in [0, 0.05) is 37.2 Å². The van der Waals surface area contributed by atoms with E-state index in [9.17, 15) is 44.4 Å². The highest BCUT2D eigenvalue weighted by Crippen LogP contribution is 2.55. The molecule has 43 heavy (non-hydrogen) atoms. The second kappa shape index (κ2) is 10.4. The molecule has 0 heterocycles. The number of phenolic OH excluding ortho intramolecular Hbond substituents is 1. The zero-order chi connectivity index (χ0) is 32.6. The fourth-order valence-corrected chi connectivity index (χ4v) is 6.54. The van der Waals surface area contributed by atoms with E-state index in [1.54, 1.807) is 19.0 Å². The van der Waals surface area contributed by atoms with Crippen LogP contribution in [0.2, 0.25) is 0 Å². The molecule has 0 spiro atoms. The van der Waals surface area contributed by atoms with Gasteiger partial charge >= 0.3 is 0 Å². The summed E-state index contributed by atoms with van der Waals surface area (Å²) in [5.74, 6) is -10.2. The first-order valence-corrected chi connectivity index (χ1v) is 13.8. The summed E-state index contributed by atoms with van der Waals surface area (Å²) in [6, 6.07) is 0.178. The van der Waals surface area contributed by atoms with Gasteiger partial charge in [0.2, 0.25) is 17.5 Å². The van der Waals surface area contributed by atoms with Crippen molar-refractivity contribution in [3.05, 3.63) is 28.5 Å². The monoisotopic (exact) mass is 601 g/mol. The van der Waals surface area contributed by atoms with Crippen LogP contribution in [0, 0.1) is 11.8 Å². The third-order valence-corrected chi connectivity index (χ3v) is 8.60. The van der Waals surface area contributed by atoms with Gasteiger partial charge in [-0.05, 0) is 59.3 Å². The SMILES string of the molecule is CN(C)c1cc(NC(=O)CNC(C)(C)C)c(O)c2c1C[C@H]1C[C@H]3[C@H](N(C)C)C(=O)C(C(N)=O)=C(O)[C@@]3(O)C(=O)C1(O)C2=O. The fourth-order valence-electron chi connectivity index (χ4n) is 6.54. The number of nitrogens with one attached hydrogen (secondary N) is 2. The number of nitrogens with zero attached hydrogens (tertiary/aromatic N) is 2. The number of hydrogen-bond acceptors (Lipinski definition) is 12. The van der Waals surface area contributed by atoms with E-state index < -0.39 is 80.9 Å². The number of anilines is 2. The van der Waals surface area contributed by atoms with Gasteiger partial charge in [-0.1, -0.05) is 0 Å². The van der Waals surface area contributed by atoms with Gasteiger partial charge in [-0.3, -0.25) is 28.9 Å². The van der Waals surface area contributed by atoms with Gasteiger partial charge in [-0.25, -0.2) is 0 Å². The van der Waals surface area contributed by atoms with E-state index >= 15 is 0 Å². The Labute approximate surface area is 248 Å². The Kier molecular flexibility index (Phi) is 7.76. The molecule has 4 rings (SSSR count). The zero-order valence-electron chi connectivity index (χ0n) is 25.2. The highest BCUT2D eigenvalue weighted by atomic mass is 16.4. The van der Waals surface area contributed by atoms with Crippen LogP contribution in [0.25, 0.3) is 0 Å². The van der Waals surface area contributed by atoms with Crippen LogP contribution in [0.5, 0.6) is 5.75 Å². The van der Waals surface area contributed by atoms with Gasteiger partial charge in [0.25, 0.3) is 5.91 Å². The maximum Gasteiger partial charge on any atom is 0.255 e. The maximum absolute atomic E-state index is 14.1. The van der Waals surface area contributed by atoms with Crippen molar-refractivity contribution in [2.45, 2.75) is 56.4 Å². The van der Waals surface area contributed by atoms with Crippen LogP contribution in [0.15, 0.2) is 17.4 Å². The number of phenols is 1. The topological polar surface area (TPSA) is 223 Å². The molecule has 0 saturated heterocycles. The molecule has 3 aliphatic carbocycles. The Morgan fingerprint density at radius 2 is 1.67 bits per heavy atom. The predicted molar refractivity (Wildman–Crippen MR) is 155 cm³/mol.